The molecule has 1 amide bonds. The van der Waals surface area contributed by atoms with Crippen molar-refractivity contribution in [2.24, 2.45) is 29.6 Å². The average Bonchev–Trinajstić information content (AvgIpc) is 2.75. The summed E-state index contributed by atoms with van der Waals surface area (Å²) in [7, 11) is 0. The lowest BCUT2D eigenvalue weighted by atomic mass is 9.55. The number of aliphatic carboxylic acids is 1. The highest BCUT2D eigenvalue weighted by atomic mass is 16.5. The first-order valence-electron chi connectivity index (χ1n) is 8.84. The van der Waals surface area contributed by atoms with Crippen LogP contribution in [0.2, 0.25) is 0 Å². The molecule has 5 aliphatic rings. The molecular formula is C18H22NO5-. The summed E-state index contributed by atoms with van der Waals surface area (Å²) in [6, 6.07) is 0. The Labute approximate surface area is 140 Å². The van der Waals surface area contributed by atoms with Gasteiger partial charge in [-0.05, 0) is 62.7 Å². The number of nitrogens with one attached hydrogen (secondary N) is 1. The molecule has 1 aliphatic heterocycles. The van der Waals surface area contributed by atoms with Crippen LogP contribution in [-0.4, -0.2) is 23.9 Å². The molecule has 0 aromatic rings. The number of carbonyl (C=O) groups is 3. The molecule has 5 rings (SSSR count). The third-order valence-electron chi connectivity index (χ3n) is 6.35. The lowest BCUT2D eigenvalue weighted by molar-refractivity contribution is -0.306. The van der Waals surface area contributed by atoms with Gasteiger partial charge in [-0.2, -0.15) is 0 Å². The van der Waals surface area contributed by atoms with Gasteiger partial charge in [-0.3, -0.25) is 4.79 Å². The number of hydrogen-bond acceptors (Lipinski definition) is 5. The Morgan fingerprint density at radius 2 is 1.71 bits per heavy atom. The smallest absolute Gasteiger partial charge is 0.336 e. The summed E-state index contributed by atoms with van der Waals surface area (Å²) >= 11 is 0. The average molecular weight is 332 g/mol. The molecule has 0 spiro atoms. The molecule has 24 heavy (non-hydrogen) atoms. The fourth-order valence-corrected chi connectivity index (χ4v) is 5.64. The standard InChI is InChI=1S/C18H23NO5/c1-8-15(13(7-14(20)21)17(22)19-8)18(23)24-16-11-3-9-2-10(5-11)6-12(16)4-9/h9-13,16H,2-7H2,1H3,(H,19,22)(H,20,21)/p-1/t9?,10?,11?,12?,13-,16?/m0/s1. The predicted octanol–water partition coefficient (Wildman–Crippen LogP) is 0.514. The Hall–Kier alpha value is -1.85. The van der Waals surface area contributed by atoms with E-state index in [1.54, 1.807) is 6.92 Å². The monoisotopic (exact) mass is 332 g/mol. The fourth-order valence-electron chi connectivity index (χ4n) is 5.64. The van der Waals surface area contributed by atoms with E-state index in [4.69, 9.17) is 4.74 Å². The van der Waals surface area contributed by atoms with Gasteiger partial charge < -0.3 is 20.0 Å². The van der Waals surface area contributed by atoms with Gasteiger partial charge >= 0.3 is 5.97 Å². The third-order valence-corrected chi connectivity index (χ3v) is 6.35. The second-order valence-corrected chi connectivity index (χ2v) is 7.96. The van der Waals surface area contributed by atoms with Crippen molar-refractivity contribution in [2.75, 3.05) is 0 Å². The van der Waals surface area contributed by atoms with E-state index in [-0.39, 0.29) is 11.7 Å². The number of amides is 1. The van der Waals surface area contributed by atoms with Crippen LogP contribution in [0, 0.1) is 29.6 Å². The Morgan fingerprint density at radius 1 is 1.12 bits per heavy atom. The molecule has 4 saturated carbocycles. The predicted molar refractivity (Wildman–Crippen MR) is 80.9 cm³/mol. The third kappa shape index (κ3) is 2.52. The Morgan fingerprint density at radius 3 is 2.25 bits per heavy atom. The van der Waals surface area contributed by atoms with Gasteiger partial charge in [0.1, 0.15) is 6.10 Å². The maximum atomic E-state index is 12.7. The van der Waals surface area contributed by atoms with Gasteiger partial charge in [0.15, 0.2) is 0 Å². The molecule has 4 aliphatic carbocycles. The van der Waals surface area contributed by atoms with Crippen molar-refractivity contribution in [3.63, 3.8) is 0 Å². The van der Waals surface area contributed by atoms with Crippen molar-refractivity contribution in [3.05, 3.63) is 11.3 Å². The van der Waals surface area contributed by atoms with Gasteiger partial charge in [-0.25, -0.2) is 4.79 Å². The maximum Gasteiger partial charge on any atom is 0.336 e. The molecule has 1 atom stereocenters. The molecule has 0 radical (unpaired) electrons. The summed E-state index contributed by atoms with van der Waals surface area (Å²) in [5.41, 5.74) is 0.568. The molecule has 0 aromatic carbocycles. The first kappa shape index (κ1) is 15.7. The van der Waals surface area contributed by atoms with Crippen molar-refractivity contribution >= 4 is 17.8 Å². The summed E-state index contributed by atoms with van der Waals surface area (Å²) in [6.07, 6.45) is 5.26. The molecule has 4 bridgehead atoms. The molecule has 6 heteroatoms. The van der Waals surface area contributed by atoms with E-state index in [2.05, 4.69) is 5.32 Å². The van der Waals surface area contributed by atoms with Gasteiger partial charge in [-0.1, -0.05) is 0 Å². The largest absolute Gasteiger partial charge is 0.550 e. The van der Waals surface area contributed by atoms with Crippen LogP contribution < -0.4 is 10.4 Å². The number of carbonyl (C=O) groups excluding carboxylic acids is 3. The zero-order valence-electron chi connectivity index (χ0n) is 13.7. The number of carboxylic acids is 1. The van der Waals surface area contributed by atoms with Crippen LogP contribution in [-0.2, 0) is 19.1 Å². The molecule has 1 N–H and O–H groups in total. The molecular weight excluding hydrogens is 310 g/mol. The first-order chi connectivity index (χ1) is 11.4. The van der Waals surface area contributed by atoms with Crippen molar-refractivity contribution in [1.82, 2.24) is 5.32 Å². The number of esters is 1. The van der Waals surface area contributed by atoms with Crippen LogP contribution in [0.1, 0.15) is 45.4 Å². The van der Waals surface area contributed by atoms with Crippen molar-refractivity contribution in [2.45, 2.75) is 51.6 Å². The molecule has 1 heterocycles. The normalized spacial score (nSPS) is 40.0. The van der Waals surface area contributed by atoms with Gasteiger partial charge in [-0.15, -0.1) is 0 Å². The molecule has 0 saturated heterocycles. The lowest BCUT2D eigenvalue weighted by Crippen LogP contribution is -2.50. The van der Waals surface area contributed by atoms with Crippen molar-refractivity contribution in [1.29, 1.82) is 0 Å². The van der Waals surface area contributed by atoms with Crippen molar-refractivity contribution < 1.29 is 24.2 Å². The van der Waals surface area contributed by atoms with Gasteiger partial charge in [0.05, 0.1) is 11.5 Å². The summed E-state index contributed by atoms with van der Waals surface area (Å²) in [5.74, 6) is -0.924. The highest BCUT2D eigenvalue weighted by molar-refractivity contribution is 6.03. The Bertz CT molecular complexity index is 609. The second kappa shape index (κ2) is 5.60. The summed E-state index contributed by atoms with van der Waals surface area (Å²) in [5, 5.41) is 13.5. The Balaban J connectivity index is 1.50. The number of ether oxygens (including phenoxy) is 1. The summed E-state index contributed by atoms with van der Waals surface area (Å²) in [6.45, 7) is 1.61. The highest BCUT2D eigenvalue weighted by Gasteiger charge is 2.50. The van der Waals surface area contributed by atoms with E-state index in [1.165, 1.54) is 6.42 Å². The van der Waals surface area contributed by atoms with E-state index in [0.717, 1.165) is 37.5 Å². The minimum Gasteiger partial charge on any atom is -0.550 e. The number of carboxylic acid groups (broad SMARTS) is 1. The lowest BCUT2D eigenvalue weighted by Gasteiger charge is -2.53. The van der Waals surface area contributed by atoms with E-state index in [1.807, 2.05) is 0 Å². The van der Waals surface area contributed by atoms with Crippen LogP contribution in [0.3, 0.4) is 0 Å². The highest BCUT2D eigenvalue weighted by Crippen LogP contribution is 2.54. The van der Waals surface area contributed by atoms with E-state index in [9.17, 15) is 19.5 Å². The number of allylic oxidation sites excluding steroid dienone is 1. The van der Waals surface area contributed by atoms with Crippen LogP contribution in [0.15, 0.2) is 11.3 Å². The minimum atomic E-state index is -1.34. The molecule has 4 fully saturated rings. The van der Waals surface area contributed by atoms with Crippen LogP contribution in [0.4, 0.5) is 0 Å². The van der Waals surface area contributed by atoms with E-state index in [0.29, 0.717) is 17.5 Å². The second-order valence-electron chi connectivity index (χ2n) is 7.96. The molecule has 0 aromatic heterocycles. The molecule has 0 unspecified atom stereocenters. The van der Waals surface area contributed by atoms with Crippen LogP contribution in [0.5, 0.6) is 0 Å². The van der Waals surface area contributed by atoms with Crippen molar-refractivity contribution in [3.8, 4) is 0 Å². The quantitative estimate of drug-likeness (QED) is 0.757. The van der Waals surface area contributed by atoms with Crippen LogP contribution in [0.25, 0.3) is 0 Å². The zero-order valence-corrected chi connectivity index (χ0v) is 13.7. The van der Waals surface area contributed by atoms with Gasteiger partial charge in [0, 0.05) is 18.1 Å². The Kier molecular flexibility index (Phi) is 3.66. The van der Waals surface area contributed by atoms with Gasteiger partial charge in [0.25, 0.3) is 0 Å². The SMILES string of the molecule is CC1=C(C(=O)OC2C3CC4CC(C3)CC2C4)[C@H](CC(=O)[O-])C(=O)N1. The van der Waals surface area contributed by atoms with Crippen LogP contribution >= 0.6 is 0 Å². The minimum absolute atomic E-state index is 0.0788. The summed E-state index contributed by atoms with van der Waals surface area (Å²) in [4.78, 5) is 35.5. The maximum absolute atomic E-state index is 12.7. The molecule has 6 nitrogen and oxygen atoms in total. The zero-order chi connectivity index (χ0) is 17.0. The topological polar surface area (TPSA) is 95.5 Å². The number of rotatable bonds is 4. The van der Waals surface area contributed by atoms with Gasteiger partial charge in [0.2, 0.25) is 5.91 Å². The number of hydrogen-bond donors (Lipinski definition) is 1. The van der Waals surface area contributed by atoms with E-state index < -0.39 is 30.2 Å². The molecule has 130 valence electrons. The first-order valence-corrected chi connectivity index (χ1v) is 8.84. The van der Waals surface area contributed by atoms with E-state index >= 15 is 0 Å². The summed E-state index contributed by atoms with van der Waals surface area (Å²) < 4.78 is 5.84. The fraction of sp³-hybridized carbons (Fsp3) is 0.722.